The summed E-state index contributed by atoms with van der Waals surface area (Å²) in [4.78, 5) is 23.6. The number of hydrogen-bond acceptors (Lipinski definition) is 3. The molecule has 1 amide bonds. The van der Waals surface area contributed by atoms with Gasteiger partial charge in [0.05, 0.1) is 6.42 Å². The number of pyridine rings is 2. The third-order valence-corrected chi connectivity index (χ3v) is 5.37. The van der Waals surface area contributed by atoms with Crippen LogP contribution < -0.4 is 0 Å². The van der Waals surface area contributed by atoms with Crippen molar-refractivity contribution in [2.24, 2.45) is 0 Å². The van der Waals surface area contributed by atoms with Gasteiger partial charge in [-0.1, -0.05) is 24.3 Å². The van der Waals surface area contributed by atoms with Crippen LogP contribution in [0, 0.1) is 5.82 Å². The highest BCUT2D eigenvalue weighted by Crippen LogP contribution is 2.26. The Morgan fingerprint density at radius 3 is 2.79 bits per heavy atom. The summed E-state index contributed by atoms with van der Waals surface area (Å²) >= 11 is 0. The molecule has 0 N–H and O–H groups in total. The van der Waals surface area contributed by atoms with Crippen LogP contribution in [-0.2, 0) is 17.6 Å². The molecule has 0 aliphatic carbocycles. The standard InChI is InChI=1S/C24H24FN3O/c25-21-8-1-5-18(13-21)14-22-9-2-10-23(27-22)20-7-4-12-28(17-20)24(29)15-19-6-3-11-26-16-19/h1-3,5-6,8-11,13,16,20H,4,7,12,14-15,17H2. The van der Waals surface area contributed by atoms with Gasteiger partial charge in [-0.15, -0.1) is 0 Å². The Labute approximate surface area is 170 Å². The smallest absolute Gasteiger partial charge is 0.227 e. The normalized spacial score (nSPS) is 16.6. The van der Waals surface area contributed by atoms with Crippen molar-refractivity contribution in [3.05, 3.63) is 95.3 Å². The van der Waals surface area contributed by atoms with E-state index in [2.05, 4.69) is 4.98 Å². The van der Waals surface area contributed by atoms with E-state index >= 15 is 0 Å². The average molecular weight is 389 g/mol. The molecule has 29 heavy (non-hydrogen) atoms. The molecule has 1 atom stereocenters. The van der Waals surface area contributed by atoms with E-state index in [-0.39, 0.29) is 17.6 Å². The zero-order chi connectivity index (χ0) is 20.1. The minimum absolute atomic E-state index is 0.138. The quantitative estimate of drug-likeness (QED) is 0.658. The lowest BCUT2D eigenvalue weighted by molar-refractivity contribution is -0.131. The van der Waals surface area contributed by atoms with Crippen LogP contribution in [0.2, 0.25) is 0 Å². The predicted octanol–water partition coefficient (Wildman–Crippen LogP) is 4.16. The Morgan fingerprint density at radius 2 is 1.97 bits per heavy atom. The lowest BCUT2D eigenvalue weighted by Crippen LogP contribution is -2.40. The highest BCUT2D eigenvalue weighted by atomic mass is 19.1. The van der Waals surface area contributed by atoms with Gasteiger partial charge in [-0.2, -0.15) is 0 Å². The number of carbonyl (C=O) groups is 1. The van der Waals surface area contributed by atoms with Gasteiger partial charge in [-0.05, 0) is 54.3 Å². The Bertz CT molecular complexity index is 977. The van der Waals surface area contributed by atoms with Crippen molar-refractivity contribution in [3.63, 3.8) is 0 Å². The first-order valence-corrected chi connectivity index (χ1v) is 10.0. The molecule has 2 aromatic heterocycles. The maximum absolute atomic E-state index is 13.5. The van der Waals surface area contributed by atoms with Gasteiger partial charge in [0.2, 0.25) is 5.91 Å². The second kappa shape index (κ2) is 8.95. The molecule has 1 aliphatic rings. The van der Waals surface area contributed by atoms with Crippen molar-refractivity contribution in [1.29, 1.82) is 0 Å². The summed E-state index contributed by atoms with van der Waals surface area (Å²) in [6.07, 6.45) is 6.44. The molecule has 0 saturated carbocycles. The summed E-state index contributed by atoms with van der Waals surface area (Å²) in [5.74, 6) is 0.140. The summed E-state index contributed by atoms with van der Waals surface area (Å²) < 4.78 is 13.5. The Hall–Kier alpha value is -3.08. The number of amides is 1. The van der Waals surface area contributed by atoms with Gasteiger partial charge in [0.25, 0.3) is 0 Å². The summed E-state index contributed by atoms with van der Waals surface area (Å²) in [5, 5.41) is 0. The van der Waals surface area contributed by atoms with Crippen LogP contribution in [0.25, 0.3) is 0 Å². The summed E-state index contributed by atoms with van der Waals surface area (Å²) in [5.41, 5.74) is 3.78. The van der Waals surface area contributed by atoms with Crippen molar-refractivity contribution in [2.75, 3.05) is 13.1 Å². The molecule has 0 bridgehead atoms. The van der Waals surface area contributed by atoms with E-state index in [1.807, 2.05) is 41.3 Å². The van der Waals surface area contributed by atoms with Gasteiger partial charge in [0.1, 0.15) is 5.82 Å². The molecule has 5 heteroatoms. The SMILES string of the molecule is O=C(Cc1cccnc1)N1CCCC(c2cccc(Cc3cccc(F)c3)n2)C1. The molecule has 4 nitrogen and oxygen atoms in total. The zero-order valence-corrected chi connectivity index (χ0v) is 16.3. The van der Waals surface area contributed by atoms with Crippen LogP contribution in [-0.4, -0.2) is 33.9 Å². The summed E-state index contributed by atoms with van der Waals surface area (Å²) in [7, 11) is 0. The number of piperidine rings is 1. The van der Waals surface area contributed by atoms with Crippen LogP contribution in [0.4, 0.5) is 4.39 Å². The molecule has 1 fully saturated rings. The summed E-state index contributed by atoms with van der Waals surface area (Å²) in [6, 6.07) is 16.4. The Morgan fingerprint density at radius 1 is 1.10 bits per heavy atom. The molecule has 148 valence electrons. The van der Waals surface area contributed by atoms with Crippen LogP contribution in [0.3, 0.4) is 0 Å². The van der Waals surface area contributed by atoms with Crippen LogP contribution in [0.1, 0.15) is 41.3 Å². The van der Waals surface area contributed by atoms with Gasteiger partial charge < -0.3 is 4.90 Å². The second-order valence-electron chi connectivity index (χ2n) is 7.58. The van der Waals surface area contributed by atoms with Gasteiger partial charge in [0.15, 0.2) is 0 Å². The maximum Gasteiger partial charge on any atom is 0.227 e. The lowest BCUT2D eigenvalue weighted by atomic mass is 9.93. The fraction of sp³-hybridized carbons (Fsp3) is 0.292. The minimum Gasteiger partial charge on any atom is -0.342 e. The van der Waals surface area contributed by atoms with Crippen molar-refractivity contribution < 1.29 is 9.18 Å². The molecule has 1 aliphatic heterocycles. The van der Waals surface area contributed by atoms with Crippen LogP contribution in [0.5, 0.6) is 0 Å². The number of nitrogens with zero attached hydrogens (tertiary/aromatic N) is 3. The van der Waals surface area contributed by atoms with E-state index in [1.165, 1.54) is 6.07 Å². The van der Waals surface area contributed by atoms with Crippen LogP contribution in [0.15, 0.2) is 67.0 Å². The molecule has 4 rings (SSSR count). The third kappa shape index (κ3) is 5.05. The van der Waals surface area contributed by atoms with Crippen LogP contribution >= 0.6 is 0 Å². The van der Waals surface area contributed by atoms with Gasteiger partial charge in [0, 0.05) is 49.2 Å². The molecule has 1 unspecified atom stereocenters. The second-order valence-corrected chi connectivity index (χ2v) is 7.58. The molecule has 3 heterocycles. The van der Waals surface area contributed by atoms with Gasteiger partial charge >= 0.3 is 0 Å². The highest BCUT2D eigenvalue weighted by molar-refractivity contribution is 5.78. The molecule has 1 aromatic carbocycles. The molecular formula is C24H24FN3O. The van der Waals surface area contributed by atoms with Gasteiger partial charge in [-0.25, -0.2) is 4.39 Å². The summed E-state index contributed by atoms with van der Waals surface area (Å²) in [6.45, 7) is 1.48. The number of likely N-dealkylation sites (tertiary alicyclic amines) is 1. The number of carbonyl (C=O) groups excluding carboxylic acids is 1. The van der Waals surface area contributed by atoms with Crippen molar-refractivity contribution in [2.45, 2.75) is 31.6 Å². The number of hydrogen-bond donors (Lipinski definition) is 0. The minimum atomic E-state index is -0.228. The Kier molecular flexibility index (Phi) is 5.94. The topological polar surface area (TPSA) is 46.1 Å². The van der Waals surface area contributed by atoms with Crippen molar-refractivity contribution >= 4 is 5.91 Å². The van der Waals surface area contributed by atoms with E-state index in [0.717, 1.165) is 41.9 Å². The number of halogens is 1. The fourth-order valence-corrected chi connectivity index (χ4v) is 3.91. The average Bonchev–Trinajstić information content (AvgIpc) is 2.75. The van der Waals surface area contributed by atoms with E-state index < -0.39 is 0 Å². The number of aromatic nitrogens is 2. The number of benzene rings is 1. The molecule has 0 spiro atoms. The van der Waals surface area contributed by atoms with Gasteiger partial charge in [-0.3, -0.25) is 14.8 Å². The van der Waals surface area contributed by atoms with Crippen molar-refractivity contribution in [3.8, 4) is 0 Å². The van der Waals surface area contributed by atoms with E-state index in [9.17, 15) is 9.18 Å². The molecule has 1 saturated heterocycles. The molecular weight excluding hydrogens is 365 g/mol. The molecule has 3 aromatic rings. The largest absolute Gasteiger partial charge is 0.342 e. The number of rotatable bonds is 5. The van der Waals surface area contributed by atoms with E-state index in [1.54, 1.807) is 24.5 Å². The first kappa shape index (κ1) is 19.2. The fourth-order valence-electron chi connectivity index (χ4n) is 3.91. The zero-order valence-electron chi connectivity index (χ0n) is 16.3. The van der Waals surface area contributed by atoms with E-state index in [0.29, 0.717) is 19.4 Å². The van der Waals surface area contributed by atoms with E-state index in [4.69, 9.17) is 4.98 Å². The lowest BCUT2D eigenvalue weighted by Gasteiger charge is -2.32. The highest BCUT2D eigenvalue weighted by Gasteiger charge is 2.25. The third-order valence-electron chi connectivity index (χ3n) is 5.37. The monoisotopic (exact) mass is 389 g/mol. The maximum atomic E-state index is 13.5. The first-order chi connectivity index (χ1) is 14.2. The van der Waals surface area contributed by atoms with Crippen molar-refractivity contribution in [1.82, 2.24) is 14.9 Å². The first-order valence-electron chi connectivity index (χ1n) is 10.0. The predicted molar refractivity (Wildman–Crippen MR) is 110 cm³/mol. The molecule has 0 radical (unpaired) electrons. The Balaban J connectivity index is 1.43.